The molecule has 1 aromatic heterocycles. The SMILES string of the molecule is CC.CC.CC(C)n1c(/C(N)=N/N(C)N)nc2c1CN(C1CO[C@H](c3cc(F)ccc3F)C(N)C1)C2. The van der Waals surface area contributed by atoms with Gasteiger partial charge in [0.05, 0.1) is 18.0 Å². The molecule has 11 heteroatoms. The van der Waals surface area contributed by atoms with Gasteiger partial charge in [0.2, 0.25) is 0 Å². The quantitative estimate of drug-likeness (QED) is 0.245. The van der Waals surface area contributed by atoms with E-state index in [0.717, 1.165) is 34.7 Å². The Kier molecular flexibility index (Phi) is 10.8. The van der Waals surface area contributed by atoms with Crippen LogP contribution in [0.3, 0.4) is 0 Å². The number of hydrazone groups is 1. The van der Waals surface area contributed by atoms with Crippen LogP contribution in [0.1, 0.15) is 82.9 Å². The predicted octanol–water partition coefficient (Wildman–Crippen LogP) is 3.39. The number of nitrogens with zero attached hydrogens (tertiary/aromatic N) is 5. The van der Waals surface area contributed by atoms with Gasteiger partial charge in [-0.2, -0.15) is 0 Å². The van der Waals surface area contributed by atoms with Gasteiger partial charge in [0, 0.05) is 43.8 Å². The summed E-state index contributed by atoms with van der Waals surface area (Å²) in [7, 11) is 1.60. The molecule has 0 radical (unpaired) electrons. The number of halogens is 2. The van der Waals surface area contributed by atoms with E-state index in [2.05, 4.69) is 28.4 Å². The first-order valence-corrected chi connectivity index (χ1v) is 12.6. The van der Waals surface area contributed by atoms with E-state index < -0.39 is 23.8 Å². The van der Waals surface area contributed by atoms with Crippen molar-refractivity contribution < 1.29 is 13.5 Å². The maximum atomic E-state index is 14.2. The van der Waals surface area contributed by atoms with Crippen molar-refractivity contribution in [3.05, 3.63) is 52.6 Å². The van der Waals surface area contributed by atoms with Crippen LogP contribution in [0.2, 0.25) is 0 Å². The fourth-order valence-electron chi connectivity index (χ4n) is 4.61. The number of hydrogen-bond donors (Lipinski definition) is 3. The van der Waals surface area contributed by atoms with Crippen molar-refractivity contribution >= 4 is 5.84 Å². The van der Waals surface area contributed by atoms with Gasteiger partial charge in [-0.25, -0.2) is 24.7 Å². The minimum Gasteiger partial charge on any atom is -0.379 e. The summed E-state index contributed by atoms with van der Waals surface area (Å²) in [5.74, 6) is 5.44. The van der Waals surface area contributed by atoms with Gasteiger partial charge in [0.15, 0.2) is 11.7 Å². The third-order valence-corrected chi connectivity index (χ3v) is 5.99. The molecule has 0 spiro atoms. The van der Waals surface area contributed by atoms with Crippen LogP contribution in [0.15, 0.2) is 23.3 Å². The monoisotopic (exact) mass is 508 g/mol. The summed E-state index contributed by atoms with van der Waals surface area (Å²) in [4.78, 5) is 6.98. The molecule has 202 valence electrons. The van der Waals surface area contributed by atoms with Gasteiger partial charge in [-0.3, -0.25) is 4.90 Å². The Balaban J connectivity index is 0.00000109. The molecule has 3 atom stereocenters. The molecule has 0 aliphatic carbocycles. The number of nitrogens with two attached hydrogens (primary N) is 3. The normalized spacial score (nSPS) is 21.9. The Morgan fingerprint density at radius 2 is 1.86 bits per heavy atom. The summed E-state index contributed by atoms with van der Waals surface area (Å²) in [5, 5.41) is 5.24. The van der Waals surface area contributed by atoms with Crippen molar-refractivity contribution in [3.63, 3.8) is 0 Å². The molecule has 36 heavy (non-hydrogen) atoms. The fraction of sp³-hybridized carbons (Fsp3) is 0.600. The third-order valence-electron chi connectivity index (χ3n) is 5.99. The second-order valence-electron chi connectivity index (χ2n) is 8.73. The molecule has 1 aromatic carbocycles. The molecule has 1 fully saturated rings. The molecule has 2 unspecified atom stereocenters. The van der Waals surface area contributed by atoms with E-state index in [9.17, 15) is 8.78 Å². The van der Waals surface area contributed by atoms with E-state index in [1.54, 1.807) is 7.05 Å². The fourth-order valence-corrected chi connectivity index (χ4v) is 4.61. The zero-order chi connectivity index (χ0) is 27.2. The Morgan fingerprint density at radius 1 is 1.19 bits per heavy atom. The largest absolute Gasteiger partial charge is 0.379 e. The van der Waals surface area contributed by atoms with Gasteiger partial charge >= 0.3 is 0 Å². The van der Waals surface area contributed by atoms with Crippen LogP contribution in [0, 0.1) is 11.6 Å². The molecule has 0 saturated carbocycles. The molecule has 4 rings (SSSR count). The van der Waals surface area contributed by atoms with Crippen molar-refractivity contribution in [2.75, 3.05) is 13.7 Å². The maximum absolute atomic E-state index is 14.2. The van der Waals surface area contributed by atoms with Gasteiger partial charge in [-0.05, 0) is 38.5 Å². The second-order valence-corrected chi connectivity index (χ2v) is 8.73. The summed E-state index contributed by atoms with van der Waals surface area (Å²) in [6, 6.07) is 3.07. The van der Waals surface area contributed by atoms with E-state index in [1.165, 1.54) is 0 Å². The molecule has 0 bridgehead atoms. The molecule has 9 nitrogen and oxygen atoms in total. The highest BCUT2D eigenvalue weighted by Gasteiger charge is 2.38. The Morgan fingerprint density at radius 3 is 2.44 bits per heavy atom. The first-order chi connectivity index (χ1) is 17.2. The predicted molar refractivity (Wildman–Crippen MR) is 139 cm³/mol. The van der Waals surface area contributed by atoms with Gasteiger partial charge in [0.1, 0.15) is 17.7 Å². The Hall–Kier alpha value is -2.60. The highest BCUT2D eigenvalue weighted by Crippen LogP contribution is 2.35. The lowest BCUT2D eigenvalue weighted by molar-refractivity contribution is -0.0535. The van der Waals surface area contributed by atoms with Crippen molar-refractivity contribution in [2.45, 2.75) is 85.3 Å². The summed E-state index contributed by atoms with van der Waals surface area (Å²) >= 11 is 0. The number of ether oxygens (including phenoxy) is 1. The van der Waals surface area contributed by atoms with E-state index in [-0.39, 0.29) is 23.5 Å². The van der Waals surface area contributed by atoms with Crippen LogP contribution in [-0.2, 0) is 17.8 Å². The van der Waals surface area contributed by atoms with E-state index in [4.69, 9.17) is 27.0 Å². The minimum absolute atomic E-state index is 0.0392. The van der Waals surface area contributed by atoms with Crippen LogP contribution >= 0.6 is 0 Å². The highest BCUT2D eigenvalue weighted by molar-refractivity contribution is 5.94. The van der Waals surface area contributed by atoms with Crippen LogP contribution in [0.5, 0.6) is 0 Å². The molecule has 2 aliphatic heterocycles. The average Bonchev–Trinajstić information content (AvgIpc) is 3.41. The molecule has 3 heterocycles. The zero-order valence-corrected chi connectivity index (χ0v) is 22.5. The van der Waals surface area contributed by atoms with Crippen molar-refractivity contribution in [3.8, 4) is 0 Å². The van der Waals surface area contributed by atoms with Gasteiger partial charge in [0.25, 0.3) is 0 Å². The van der Waals surface area contributed by atoms with E-state index >= 15 is 0 Å². The van der Waals surface area contributed by atoms with E-state index in [1.807, 2.05) is 27.7 Å². The van der Waals surface area contributed by atoms with Gasteiger partial charge in [-0.1, -0.05) is 27.7 Å². The minimum atomic E-state index is -0.676. The summed E-state index contributed by atoms with van der Waals surface area (Å²) < 4.78 is 35.8. The first-order valence-electron chi connectivity index (χ1n) is 12.6. The lowest BCUT2D eigenvalue weighted by Gasteiger charge is -2.38. The summed E-state index contributed by atoms with van der Waals surface area (Å²) in [5.41, 5.74) is 14.6. The van der Waals surface area contributed by atoms with Gasteiger partial charge in [-0.15, -0.1) is 5.10 Å². The summed E-state index contributed by atoms with van der Waals surface area (Å²) in [6.45, 7) is 13.8. The Labute approximate surface area is 213 Å². The number of fused-ring (bicyclic) bond motifs is 1. The number of hydrogen-bond acceptors (Lipinski definition) is 7. The van der Waals surface area contributed by atoms with Crippen LogP contribution in [-0.4, -0.2) is 51.1 Å². The van der Waals surface area contributed by atoms with Crippen molar-refractivity contribution in [1.29, 1.82) is 0 Å². The summed E-state index contributed by atoms with van der Waals surface area (Å²) in [6.07, 6.45) is -0.0773. The zero-order valence-electron chi connectivity index (χ0n) is 22.5. The molecular weight excluding hydrogens is 466 g/mol. The van der Waals surface area contributed by atoms with Crippen LogP contribution < -0.4 is 17.3 Å². The van der Waals surface area contributed by atoms with Crippen LogP contribution in [0.4, 0.5) is 8.78 Å². The van der Waals surface area contributed by atoms with Gasteiger partial charge < -0.3 is 20.8 Å². The average molecular weight is 509 g/mol. The molecular formula is C25H42F2N8O. The van der Waals surface area contributed by atoms with Crippen molar-refractivity contribution in [2.24, 2.45) is 22.4 Å². The molecule has 2 aliphatic rings. The molecule has 6 N–H and O–H groups in total. The highest BCUT2D eigenvalue weighted by atomic mass is 19.1. The maximum Gasteiger partial charge on any atom is 0.188 e. The van der Waals surface area contributed by atoms with Crippen molar-refractivity contribution in [1.82, 2.24) is 19.6 Å². The standard InChI is InChI=1S/C21H30F2N8O.2C2H6/c1-11(2)31-18-9-30(8-17(18)27-21(31)20(25)28-29(3)26)13-7-16(24)19(32-10-13)14-6-12(22)4-5-15(14)23;2*1-2/h4-6,11,13,16,19H,7-10,24,26H2,1-3H3,(H2,25,28);2*1-2H3/t13?,16?,19-;;/m1../s1. The first kappa shape index (κ1) is 29.6. The third kappa shape index (κ3) is 6.39. The Bertz CT molecular complexity index is 1020. The lowest BCUT2D eigenvalue weighted by atomic mass is 9.93. The van der Waals surface area contributed by atoms with E-state index in [0.29, 0.717) is 31.9 Å². The molecule has 0 amide bonds. The number of rotatable bonds is 5. The number of hydrazine groups is 1. The number of amidine groups is 1. The van der Waals surface area contributed by atoms with Crippen LogP contribution in [0.25, 0.3) is 0 Å². The smallest absolute Gasteiger partial charge is 0.188 e. The second kappa shape index (κ2) is 13.1. The number of aromatic nitrogens is 2. The lowest BCUT2D eigenvalue weighted by Crippen LogP contribution is -2.48. The number of imidazole rings is 1. The number of benzene rings is 1. The molecule has 2 aromatic rings. The molecule has 1 saturated heterocycles. The topological polar surface area (TPSA) is 124 Å².